The van der Waals surface area contributed by atoms with Gasteiger partial charge in [-0.3, -0.25) is 4.79 Å². The van der Waals surface area contributed by atoms with Gasteiger partial charge in [0.25, 0.3) is 5.91 Å². The molecule has 0 aliphatic carbocycles. The highest BCUT2D eigenvalue weighted by Crippen LogP contribution is 2.19. The molecule has 2 aromatic carbocycles. The third kappa shape index (κ3) is 5.02. The summed E-state index contributed by atoms with van der Waals surface area (Å²) in [5.74, 6) is -2.79. The molecule has 0 aliphatic heterocycles. The van der Waals surface area contributed by atoms with E-state index < -0.39 is 35.3 Å². The van der Waals surface area contributed by atoms with Crippen LogP contribution in [0.4, 0.5) is 14.5 Å². The second-order valence-corrected chi connectivity index (χ2v) is 5.51. The van der Waals surface area contributed by atoms with Crippen LogP contribution >= 0.6 is 0 Å². The van der Waals surface area contributed by atoms with Gasteiger partial charge >= 0.3 is 5.97 Å². The molecule has 0 aliphatic rings. The molecule has 0 radical (unpaired) electrons. The molecule has 138 valence electrons. The van der Waals surface area contributed by atoms with Crippen LogP contribution < -0.4 is 10.1 Å². The van der Waals surface area contributed by atoms with Crippen molar-refractivity contribution in [2.75, 3.05) is 11.9 Å². The minimum Gasteiger partial charge on any atom is -0.494 e. The summed E-state index contributed by atoms with van der Waals surface area (Å²) in [5.41, 5.74) is -0.358. The number of ether oxygens (including phenoxy) is 2. The number of carbonyl (C=O) groups is 2. The molecule has 0 unspecified atom stereocenters. The lowest BCUT2D eigenvalue weighted by atomic mass is 10.2. The molecule has 0 saturated heterocycles. The SMILES string of the molecule is CCCOc1ccc(C(=O)O[C@@H](C)C(=O)Nc2c(F)cccc2F)cc1. The minimum absolute atomic E-state index is 0.227. The summed E-state index contributed by atoms with van der Waals surface area (Å²) >= 11 is 0. The molecule has 2 aromatic rings. The van der Waals surface area contributed by atoms with Crippen molar-refractivity contribution in [3.8, 4) is 5.75 Å². The average molecular weight is 363 g/mol. The summed E-state index contributed by atoms with van der Waals surface area (Å²) in [6, 6.07) is 9.45. The average Bonchev–Trinajstić information content (AvgIpc) is 2.63. The monoisotopic (exact) mass is 363 g/mol. The van der Waals surface area contributed by atoms with Crippen molar-refractivity contribution in [3.05, 3.63) is 59.7 Å². The van der Waals surface area contributed by atoms with Gasteiger partial charge in [-0.15, -0.1) is 0 Å². The van der Waals surface area contributed by atoms with E-state index in [0.717, 1.165) is 18.6 Å². The zero-order chi connectivity index (χ0) is 19.1. The van der Waals surface area contributed by atoms with E-state index in [1.807, 2.05) is 6.92 Å². The number of nitrogens with one attached hydrogen (secondary N) is 1. The van der Waals surface area contributed by atoms with Crippen LogP contribution in [0.15, 0.2) is 42.5 Å². The molecule has 0 heterocycles. The van der Waals surface area contributed by atoms with Crippen molar-refractivity contribution in [2.45, 2.75) is 26.4 Å². The van der Waals surface area contributed by atoms with Crippen molar-refractivity contribution in [1.82, 2.24) is 0 Å². The third-order valence-corrected chi connectivity index (χ3v) is 3.43. The molecule has 0 saturated carbocycles. The second-order valence-electron chi connectivity index (χ2n) is 5.51. The molecular formula is C19H19F2NO4. The van der Waals surface area contributed by atoms with E-state index in [0.29, 0.717) is 12.4 Å². The number of esters is 1. The van der Waals surface area contributed by atoms with E-state index in [2.05, 4.69) is 5.32 Å². The van der Waals surface area contributed by atoms with Crippen molar-refractivity contribution in [3.63, 3.8) is 0 Å². The van der Waals surface area contributed by atoms with Crippen molar-refractivity contribution >= 4 is 17.6 Å². The van der Waals surface area contributed by atoms with Crippen molar-refractivity contribution in [2.24, 2.45) is 0 Å². The Morgan fingerprint density at radius 1 is 1.08 bits per heavy atom. The molecular weight excluding hydrogens is 344 g/mol. The molecule has 0 fully saturated rings. The third-order valence-electron chi connectivity index (χ3n) is 3.43. The Balaban J connectivity index is 1.96. The molecule has 0 aromatic heterocycles. The Kier molecular flexibility index (Phi) is 6.66. The van der Waals surface area contributed by atoms with Crippen LogP contribution in [0.5, 0.6) is 5.75 Å². The maximum absolute atomic E-state index is 13.6. The first-order valence-electron chi connectivity index (χ1n) is 8.11. The highest BCUT2D eigenvalue weighted by Gasteiger charge is 2.21. The molecule has 1 amide bonds. The van der Waals surface area contributed by atoms with Gasteiger partial charge in [-0.2, -0.15) is 0 Å². The van der Waals surface area contributed by atoms with Gasteiger partial charge in [-0.25, -0.2) is 13.6 Å². The zero-order valence-electron chi connectivity index (χ0n) is 14.4. The largest absolute Gasteiger partial charge is 0.494 e. The van der Waals surface area contributed by atoms with Gasteiger partial charge in [0.1, 0.15) is 23.1 Å². The van der Waals surface area contributed by atoms with Crippen LogP contribution in [-0.2, 0) is 9.53 Å². The highest BCUT2D eigenvalue weighted by atomic mass is 19.1. The van der Waals surface area contributed by atoms with E-state index in [1.54, 1.807) is 12.1 Å². The summed E-state index contributed by atoms with van der Waals surface area (Å²) in [6.07, 6.45) is -0.378. The molecule has 0 spiro atoms. The van der Waals surface area contributed by atoms with Gasteiger partial charge in [0.15, 0.2) is 6.10 Å². The van der Waals surface area contributed by atoms with Gasteiger partial charge in [0.05, 0.1) is 12.2 Å². The molecule has 0 bridgehead atoms. The number of amides is 1. The maximum atomic E-state index is 13.6. The Labute approximate surface area is 149 Å². The first kappa shape index (κ1) is 19.4. The number of hydrogen-bond acceptors (Lipinski definition) is 4. The van der Waals surface area contributed by atoms with Crippen molar-refractivity contribution in [1.29, 1.82) is 0 Å². The van der Waals surface area contributed by atoms with Crippen LogP contribution in [0.25, 0.3) is 0 Å². The molecule has 7 heteroatoms. The van der Waals surface area contributed by atoms with Gasteiger partial charge in [-0.05, 0) is 49.7 Å². The molecule has 5 nitrogen and oxygen atoms in total. The Morgan fingerprint density at radius 3 is 2.27 bits per heavy atom. The van der Waals surface area contributed by atoms with Crippen LogP contribution in [0.2, 0.25) is 0 Å². The van der Waals surface area contributed by atoms with Crippen LogP contribution in [0.1, 0.15) is 30.6 Å². The van der Waals surface area contributed by atoms with Crippen molar-refractivity contribution < 1.29 is 27.8 Å². The fraction of sp³-hybridized carbons (Fsp3) is 0.263. The summed E-state index contributed by atoms with van der Waals surface area (Å²) in [7, 11) is 0. The normalized spacial score (nSPS) is 11.5. The molecule has 1 N–H and O–H groups in total. The highest BCUT2D eigenvalue weighted by molar-refractivity contribution is 5.97. The fourth-order valence-corrected chi connectivity index (χ4v) is 2.03. The summed E-state index contributed by atoms with van der Waals surface area (Å²) in [6.45, 7) is 3.85. The second kappa shape index (κ2) is 8.94. The summed E-state index contributed by atoms with van der Waals surface area (Å²) in [5, 5.41) is 2.08. The summed E-state index contributed by atoms with van der Waals surface area (Å²) < 4.78 is 37.6. The Morgan fingerprint density at radius 2 is 1.69 bits per heavy atom. The number of benzene rings is 2. The van der Waals surface area contributed by atoms with Crippen LogP contribution in [-0.4, -0.2) is 24.6 Å². The lowest BCUT2D eigenvalue weighted by Crippen LogP contribution is -2.30. The smallest absolute Gasteiger partial charge is 0.338 e. The van der Waals surface area contributed by atoms with Gasteiger partial charge in [0, 0.05) is 0 Å². The lowest BCUT2D eigenvalue weighted by molar-refractivity contribution is -0.123. The Bertz CT molecular complexity index is 757. The van der Waals surface area contributed by atoms with Crippen LogP contribution in [0, 0.1) is 11.6 Å². The Hall–Kier alpha value is -2.96. The van der Waals surface area contributed by atoms with E-state index in [-0.39, 0.29) is 5.56 Å². The minimum atomic E-state index is -1.24. The lowest BCUT2D eigenvalue weighted by Gasteiger charge is -2.14. The molecule has 26 heavy (non-hydrogen) atoms. The standard InChI is InChI=1S/C19H19F2NO4/c1-3-11-25-14-9-7-13(8-10-14)19(24)26-12(2)18(23)22-17-15(20)5-4-6-16(17)21/h4-10,12H,3,11H2,1-2H3,(H,22,23)/t12-/m0/s1. The number of para-hydroxylation sites is 1. The van der Waals surface area contributed by atoms with E-state index >= 15 is 0 Å². The van der Waals surface area contributed by atoms with Gasteiger partial charge < -0.3 is 14.8 Å². The maximum Gasteiger partial charge on any atom is 0.338 e. The number of hydrogen-bond donors (Lipinski definition) is 1. The quantitative estimate of drug-likeness (QED) is 0.757. The predicted molar refractivity (Wildman–Crippen MR) is 92.1 cm³/mol. The fourth-order valence-electron chi connectivity index (χ4n) is 2.03. The predicted octanol–water partition coefficient (Wildman–Crippen LogP) is 3.94. The molecule has 2 rings (SSSR count). The van der Waals surface area contributed by atoms with E-state index in [1.165, 1.54) is 25.1 Å². The van der Waals surface area contributed by atoms with Crippen LogP contribution in [0.3, 0.4) is 0 Å². The number of rotatable bonds is 7. The number of carbonyl (C=O) groups excluding carboxylic acids is 2. The first-order chi connectivity index (χ1) is 12.4. The zero-order valence-corrected chi connectivity index (χ0v) is 14.4. The number of halogens is 2. The topological polar surface area (TPSA) is 64.6 Å². The first-order valence-corrected chi connectivity index (χ1v) is 8.11. The van der Waals surface area contributed by atoms with Gasteiger partial charge in [0.2, 0.25) is 0 Å². The van der Waals surface area contributed by atoms with Gasteiger partial charge in [-0.1, -0.05) is 13.0 Å². The van der Waals surface area contributed by atoms with E-state index in [4.69, 9.17) is 9.47 Å². The number of anilines is 1. The molecule has 1 atom stereocenters. The summed E-state index contributed by atoms with van der Waals surface area (Å²) in [4.78, 5) is 24.1. The van der Waals surface area contributed by atoms with E-state index in [9.17, 15) is 18.4 Å².